The molecule has 0 aromatic heterocycles. The summed E-state index contributed by atoms with van der Waals surface area (Å²) in [4.78, 5) is 0. The maximum Gasteiger partial charge on any atom is 0.192 e. The van der Waals surface area contributed by atoms with Crippen LogP contribution >= 0.6 is 22.6 Å². The molecule has 0 heterocycles. The molecule has 0 rings (SSSR count). The lowest BCUT2D eigenvalue weighted by Gasteiger charge is -2.40. The van der Waals surface area contributed by atoms with Crippen molar-refractivity contribution >= 4 is 30.9 Å². The van der Waals surface area contributed by atoms with E-state index >= 15 is 0 Å². The van der Waals surface area contributed by atoms with E-state index in [2.05, 4.69) is 67.4 Å². The topological polar surface area (TPSA) is 9.23 Å². The van der Waals surface area contributed by atoms with Crippen LogP contribution in [0.25, 0.3) is 0 Å². The number of unbranched alkanes of at least 4 members (excludes halogenated alkanes) is 1. The molecule has 0 spiro atoms. The Morgan fingerprint density at radius 2 is 1.67 bits per heavy atom. The van der Waals surface area contributed by atoms with Gasteiger partial charge in [-0.2, -0.15) is 0 Å². The third kappa shape index (κ3) is 6.20. The summed E-state index contributed by atoms with van der Waals surface area (Å²) in [5, 5.41) is 0. The first-order valence-electron chi connectivity index (χ1n) is 7.46. The zero-order valence-electron chi connectivity index (χ0n) is 12.9. The summed E-state index contributed by atoms with van der Waals surface area (Å²) in [6, 6.07) is 3.74. The Kier molecular flexibility index (Phi) is 9.88. The largest absolute Gasteiger partial charge is 0.411 e. The maximum absolute atomic E-state index is 6.76. The van der Waals surface area contributed by atoms with Crippen molar-refractivity contribution in [2.24, 2.45) is 0 Å². The third-order valence-corrected chi connectivity index (χ3v) is 9.39. The van der Waals surface area contributed by atoms with Gasteiger partial charge in [0, 0.05) is 0 Å². The molecule has 0 aliphatic carbocycles. The van der Waals surface area contributed by atoms with Crippen molar-refractivity contribution in [2.75, 3.05) is 0 Å². The first kappa shape index (κ1) is 18.6. The second-order valence-electron chi connectivity index (χ2n) is 5.47. The van der Waals surface area contributed by atoms with Crippen LogP contribution in [-0.4, -0.2) is 13.9 Å². The van der Waals surface area contributed by atoms with E-state index in [9.17, 15) is 0 Å². The highest BCUT2D eigenvalue weighted by Crippen LogP contribution is 2.33. The van der Waals surface area contributed by atoms with Gasteiger partial charge in [0.15, 0.2) is 8.32 Å². The molecule has 0 fully saturated rings. The van der Waals surface area contributed by atoms with Crippen LogP contribution in [0.1, 0.15) is 60.3 Å². The lowest BCUT2D eigenvalue weighted by Crippen LogP contribution is -2.45. The molecular formula is C15H31IOSi. The Morgan fingerprint density at radius 1 is 1.11 bits per heavy atom. The predicted octanol–water partition coefficient (Wildman–Crippen LogP) is 6.30. The molecule has 1 nitrogen and oxygen atoms in total. The first-order chi connectivity index (χ1) is 8.51. The van der Waals surface area contributed by atoms with Gasteiger partial charge in [0.2, 0.25) is 0 Å². The van der Waals surface area contributed by atoms with Gasteiger partial charge in [-0.1, -0.05) is 69.2 Å². The van der Waals surface area contributed by atoms with Crippen LogP contribution in [0.2, 0.25) is 18.1 Å². The molecule has 0 aliphatic heterocycles. The summed E-state index contributed by atoms with van der Waals surface area (Å²) in [6.45, 7) is 11.5. The van der Waals surface area contributed by atoms with Gasteiger partial charge < -0.3 is 4.43 Å². The molecule has 0 radical (unpaired) electrons. The minimum absolute atomic E-state index is 0.0614. The summed E-state index contributed by atoms with van der Waals surface area (Å²) >= 11 is 2.31. The van der Waals surface area contributed by atoms with Gasteiger partial charge in [-0.05, 0) is 42.0 Å². The molecular weight excluding hydrogens is 351 g/mol. The van der Waals surface area contributed by atoms with E-state index < -0.39 is 8.32 Å². The average Bonchev–Trinajstić information content (AvgIpc) is 2.41. The minimum Gasteiger partial charge on any atom is -0.411 e. The summed E-state index contributed by atoms with van der Waals surface area (Å²) in [6.07, 6.45) is 7.04. The standard InChI is InChI=1S/C15H31IOSi/c1-6-10-12-15(5,13-11-14-16)17-18(7-2,8-3)9-4/h11,14H,6-10,12-13H2,1-5H3/b14-11+/t15-/m0/s1. The lowest BCUT2D eigenvalue weighted by molar-refractivity contribution is 0.0667. The van der Waals surface area contributed by atoms with Gasteiger partial charge in [-0.3, -0.25) is 0 Å². The Bertz CT molecular complexity index is 230. The summed E-state index contributed by atoms with van der Waals surface area (Å²) in [5.74, 6) is 0. The van der Waals surface area contributed by atoms with Gasteiger partial charge in [0.25, 0.3) is 0 Å². The highest BCUT2D eigenvalue weighted by Gasteiger charge is 2.36. The SMILES string of the molecule is CCCC[C@@](C)(C/C=C/I)O[Si](CC)(CC)CC. The van der Waals surface area contributed by atoms with E-state index in [0.29, 0.717) is 0 Å². The molecule has 3 heteroatoms. The fourth-order valence-corrected chi connectivity index (χ4v) is 5.95. The molecule has 0 aromatic carbocycles. The molecule has 108 valence electrons. The summed E-state index contributed by atoms with van der Waals surface area (Å²) in [5.41, 5.74) is 0.0614. The van der Waals surface area contributed by atoms with Crippen LogP contribution in [0.3, 0.4) is 0 Å². The van der Waals surface area contributed by atoms with Gasteiger partial charge in [0.1, 0.15) is 0 Å². The monoisotopic (exact) mass is 382 g/mol. The minimum atomic E-state index is -1.49. The van der Waals surface area contributed by atoms with Crippen LogP contribution < -0.4 is 0 Å². The van der Waals surface area contributed by atoms with Gasteiger partial charge in [-0.25, -0.2) is 0 Å². The zero-order valence-corrected chi connectivity index (χ0v) is 16.0. The van der Waals surface area contributed by atoms with Crippen LogP contribution in [-0.2, 0) is 4.43 Å². The van der Waals surface area contributed by atoms with Gasteiger partial charge in [0.05, 0.1) is 5.60 Å². The van der Waals surface area contributed by atoms with E-state index in [1.54, 1.807) is 0 Å². The van der Waals surface area contributed by atoms with Crippen molar-refractivity contribution in [1.29, 1.82) is 0 Å². The summed E-state index contributed by atoms with van der Waals surface area (Å²) in [7, 11) is -1.49. The van der Waals surface area contributed by atoms with Gasteiger partial charge in [-0.15, -0.1) is 0 Å². The van der Waals surface area contributed by atoms with E-state index in [4.69, 9.17) is 4.43 Å². The normalized spacial score (nSPS) is 16.1. The van der Waals surface area contributed by atoms with Crippen LogP contribution in [0.4, 0.5) is 0 Å². The Labute approximate surface area is 129 Å². The van der Waals surface area contributed by atoms with Crippen molar-refractivity contribution in [3.8, 4) is 0 Å². The zero-order chi connectivity index (χ0) is 14.1. The smallest absolute Gasteiger partial charge is 0.192 e. The fourth-order valence-electron chi connectivity index (χ4n) is 2.53. The second kappa shape index (κ2) is 9.53. The Morgan fingerprint density at radius 3 is 2.06 bits per heavy atom. The summed E-state index contributed by atoms with van der Waals surface area (Å²) < 4.78 is 8.89. The lowest BCUT2D eigenvalue weighted by atomic mass is 9.96. The molecule has 0 aliphatic rings. The number of halogens is 1. The first-order valence-corrected chi connectivity index (χ1v) is 11.2. The fraction of sp³-hybridized carbons (Fsp3) is 0.867. The second-order valence-corrected chi connectivity index (χ2v) is 10.9. The van der Waals surface area contributed by atoms with E-state index in [1.165, 1.54) is 37.4 Å². The molecule has 0 saturated heterocycles. The number of rotatable bonds is 10. The maximum atomic E-state index is 6.76. The van der Waals surface area contributed by atoms with Crippen molar-refractivity contribution < 1.29 is 4.43 Å². The molecule has 0 aromatic rings. The molecule has 0 N–H and O–H groups in total. The Hall–Kier alpha value is 0.647. The van der Waals surface area contributed by atoms with Crippen molar-refractivity contribution in [3.05, 3.63) is 10.2 Å². The van der Waals surface area contributed by atoms with Crippen LogP contribution in [0, 0.1) is 0 Å². The predicted molar refractivity (Wildman–Crippen MR) is 94.0 cm³/mol. The highest BCUT2D eigenvalue weighted by molar-refractivity contribution is 14.1. The van der Waals surface area contributed by atoms with Crippen LogP contribution in [0.15, 0.2) is 10.2 Å². The van der Waals surface area contributed by atoms with Gasteiger partial charge >= 0.3 is 0 Å². The molecule has 0 saturated carbocycles. The molecule has 0 bridgehead atoms. The number of hydrogen-bond donors (Lipinski definition) is 0. The quantitative estimate of drug-likeness (QED) is 0.318. The van der Waals surface area contributed by atoms with Crippen molar-refractivity contribution in [1.82, 2.24) is 0 Å². The highest BCUT2D eigenvalue weighted by atomic mass is 127. The average molecular weight is 382 g/mol. The van der Waals surface area contributed by atoms with Crippen molar-refractivity contribution in [3.63, 3.8) is 0 Å². The Balaban J connectivity index is 4.83. The van der Waals surface area contributed by atoms with Crippen LogP contribution in [0.5, 0.6) is 0 Å². The number of hydrogen-bond acceptors (Lipinski definition) is 1. The van der Waals surface area contributed by atoms with E-state index in [-0.39, 0.29) is 5.60 Å². The molecule has 18 heavy (non-hydrogen) atoms. The van der Waals surface area contributed by atoms with E-state index in [0.717, 1.165) is 6.42 Å². The third-order valence-electron chi connectivity index (χ3n) is 4.09. The molecule has 0 unspecified atom stereocenters. The molecule has 1 atom stereocenters. The van der Waals surface area contributed by atoms with E-state index in [1.807, 2.05) is 0 Å². The van der Waals surface area contributed by atoms with Crippen molar-refractivity contribution in [2.45, 2.75) is 84.0 Å². The molecule has 0 amide bonds.